The van der Waals surface area contributed by atoms with E-state index in [0.29, 0.717) is 27.8 Å². The number of nitrogens with zero attached hydrogens (tertiary/aromatic N) is 5. The second-order valence-electron chi connectivity index (χ2n) is 11.1. The first-order chi connectivity index (χ1) is 18.6. The van der Waals surface area contributed by atoms with Crippen LogP contribution in [0.1, 0.15) is 57.7 Å². The largest absolute Gasteiger partial charge is 0.417 e. The lowest BCUT2D eigenvalue weighted by molar-refractivity contribution is -0.0000170. The molecule has 1 N–H and O–H groups in total. The van der Waals surface area contributed by atoms with E-state index in [1.807, 2.05) is 40.0 Å². The molecule has 0 spiro atoms. The van der Waals surface area contributed by atoms with Crippen molar-refractivity contribution in [1.82, 2.24) is 14.5 Å². The van der Waals surface area contributed by atoms with Gasteiger partial charge in [-0.3, -0.25) is 9.78 Å². The zero-order chi connectivity index (χ0) is 27.9. The molecule has 10 nitrogen and oxygen atoms in total. The number of fused-ring (bicyclic) bond motifs is 2. The fourth-order valence-electron chi connectivity index (χ4n) is 5.29. The topological polar surface area (TPSA) is 130 Å². The third-order valence-corrected chi connectivity index (χ3v) is 7.34. The summed E-state index contributed by atoms with van der Waals surface area (Å²) in [7, 11) is 3.69. The Hall–Kier alpha value is -4.39. The van der Waals surface area contributed by atoms with Gasteiger partial charge < -0.3 is 18.7 Å². The van der Waals surface area contributed by atoms with Crippen LogP contribution in [0.3, 0.4) is 0 Å². The Kier molecular flexibility index (Phi) is 6.76. The Morgan fingerprint density at radius 2 is 1.95 bits per heavy atom. The van der Waals surface area contributed by atoms with Crippen LogP contribution >= 0.6 is 0 Å². The van der Waals surface area contributed by atoms with Gasteiger partial charge in [-0.1, -0.05) is 17.3 Å². The van der Waals surface area contributed by atoms with E-state index in [-0.39, 0.29) is 17.5 Å². The number of nitriles is 1. The summed E-state index contributed by atoms with van der Waals surface area (Å²) in [6, 6.07) is 12.8. The average Bonchev–Trinajstić information content (AvgIpc) is 3.30. The van der Waals surface area contributed by atoms with Crippen LogP contribution in [0.15, 0.2) is 55.6 Å². The normalized spacial score (nSPS) is 18.3. The van der Waals surface area contributed by atoms with Gasteiger partial charge in [0.1, 0.15) is 22.9 Å². The molecule has 39 heavy (non-hydrogen) atoms. The fraction of sp³-hybridized carbons (Fsp3) is 0.414. The predicted octanol–water partition coefficient (Wildman–Crippen LogP) is 4.45. The number of anilines is 1. The van der Waals surface area contributed by atoms with Crippen molar-refractivity contribution in [1.29, 1.82) is 5.26 Å². The van der Waals surface area contributed by atoms with E-state index in [9.17, 15) is 14.9 Å². The number of oxazole rings is 1. The molecule has 0 aliphatic heterocycles. The maximum atomic E-state index is 12.7. The third kappa shape index (κ3) is 5.17. The minimum atomic E-state index is -0.506. The molecule has 0 unspecified atom stereocenters. The summed E-state index contributed by atoms with van der Waals surface area (Å²) in [6.45, 7) is 5.83. The molecule has 10 heteroatoms. The average molecular weight is 529 g/mol. The molecule has 3 heterocycles. The first kappa shape index (κ1) is 26.2. The van der Waals surface area contributed by atoms with Crippen LogP contribution in [0.25, 0.3) is 22.1 Å². The van der Waals surface area contributed by atoms with E-state index in [4.69, 9.17) is 9.25 Å². The molecular weight excluding hydrogens is 496 g/mol. The number of para-hydroxylation sites is 1. The van der Waals surface area contributed by atoms with Gasteiger partial charge in [-0.2, -0.15) is 5.26 Å². The van der Waals surface area contributed by atoms with E-state index >= 15 is 0 Å². The standard InChI is InChI=1S/C29H32N6O4/c1-29(2,3)39-33-25(20-7-6-8-23-26(20)32-28(37)38-23)17-9-12-19(13-10-17)34(4)22-15-24(36)35(5)21-14-11-18(16-30)31-27(21)22/h6-8,11,14-15,17,19H,9-10,12-13H2,1-5H3,(H,32,37)/b33-25-/t17-,19+. The summed E-state index contributed by atoms with van der Waals surface area (Å²) in [5.74, 6) is -0.405. The molecule has 1 aromatic carbocycles. The van der Waals surface area contributed by atoms with E-state index in [1.54, 1.807) is 35.9 Å². The SMILES string of the molecule is Cn1c(=O)cc(N(C)[C@H]2CC[C@@H](/C(=N/OC(C)(C)C)c3cccc4oc(=O)[nH]c34)CC2)c2nc(C#N)ccc21. The molecule has 0 radical (unpaired) electrons. The molecule has 1 aliphatic rings. The number of aromatic amines is 1. The smallest absolute Gasteiger partial charge is 0.408 e. The molecule has 1 fully saturated rings. The summed E-state index contributed by atoms with van der Waals surface area (Å²) in [6.07, 6.45) is 3.36. The Morgan fingerprint density at radius 1 is 1.21 bits per heavy atom. The first-order valence-corrected chi connectivity index (χ1v) is 13.1. The van der Waals surface area contributed by atoms with Crippen LogP contribution in [0.2, 0.25) is 0 Å². The summed E-state index contributed by atoms with van der Waals surface area (Å²) in [4.78, 5) is 40.0. The summed E-state index contributed by atoms with van der Waals surface area (Å²) in [5.41, 5.74) is 4.44. The number of pyridine rings is 2. The molecule has 0 amide bonds. The highest BCUT2D eigenvalue weighted by molar-refractivity contribution is 6.09. The number of aryl methyl sites for hydroxylation is 1. The van der Waals surface area contributed by atoms with Crippen LogP contribution in [-0.4, -0.2) is 38.9 Å². The monoisotopic (exact) mass is 528 g/mol. The van der Waals surface area contributed by atoms with Gasteiger partial charge in [-0.15, -0.1) is 0 Å². The number of hydrogen-bond acceptors (Lipinski definition) is 8. The molecular formula is C29H32N6O4. The van der Waals surface area contributed by atoms with Crippen molar-refractivity contribution in [3.05, 3.63) is 68.6 Å². The molecule has 3 aromatic heterocycles. The number of H-pyrrole nitrogens is 1. The lowest BCUT2D eigenvalue weighted by atomic mass is 9.80. The van der Waals surface area contributed by atoms with Gasteiger partial charge in [-0.25, -0.2) is 9.78 Å². The highest BCUT2D eigenvalue weighted by Crippen LogP contribution is 2.35. The number of nitrogens with one attached hydrogen (secondary N) is 1. The van der Waals surface area contributed by atoms with Gasteiger partial charge in [0.15, 0.2) is 5.58 Å². The molecule has 1 saturated carbocycles. The van der Waals surface area contributed by atoms with Crippen molar-refractivity contribution >= 4 is 33.5 Å². The van der Waals surface area contributed by atoms with E-state index < -0.39 is 11.4 Å². The zero-order valence-electron chi connectivity index (χ0n) is 22.8. The van der Waals surface area contributed by atoms with Crippen molar-refractivity contribution in [3.63, 3.8) is 0 Å². The van der Waals surface area contributed by atoms with Crippen molar-refractivity contribution in [3.8, 4) is 6.07 Å². The molecule has 1 aliphatic carbocycles. The quantitative estimate of drug-likeness (QED) is 0.299. The van der Waals surface area contributed by atoms with Gasteiger partial charge in [0.25, 0.3) is 5.56 Å². The highest BCUT2D eigenvalue weighted by atomic mass is 16.6. The molecule has 5 rings (SSSR count). The maximum Gasteiger partial charge on any atom is 0.417 e. The summed E-state index contributed by atoms with van der Waals surface area (Å²) < 4.78 is 6.84. The summed E-state index contributed by atoms with van der Waals surface area (Å²) >= 11 is 0. The minimum absolute atomic E-state index is 0.102. The number of hydrogen-bond donors (Lipinski definition) is 1. The molecule has 0 atom stereocenters. The van der Waals surface area contributed by atoms with Crippen LogP contribution in [0.4, 0.5) is 5.69 Å². The van der Waals surface area contributed by atoms with Crippen molar-refractivity contribution in [2.45, 2.75) is 58.1 Å². The first-order valence-electron chi connectivity index (χ1n) is 13.1. The van der Waals surface area contributed by atoms with Gasteiger partial charge >= 0.3 is 5.76 Å². The molecule has 0 saturated heterocycles. The Labute approximate surface area is 225 Å². The Bertz CT molecular complexity index is 1730. The second kappa shape index (κ2) is 10.1. The summed E-state index contributed by atoms with van der Waals surface area (Å²) in [5, 5.41) is 14.0. The van der Waals surface area contributed by atoms with Gasteiger partial charge in [0, 0.05) is 37.7 Å². The number of oxime groups is 1. The van der Waals surface area contributed by atoms with E-state index in [0.717, 1.165) is 42.6 Å². The fourth-order valence-corrected chi connectivity index (χ4v) is 5.29. The van der Waals surface area contributed by atoms with Crippen molar-refractivity contribution < 1.29 is 9.25 Å². The second-order valence-corrected chi connectivity index (χ2v) is 11.1. The lowest BCUT2D eigenvalue weighted by Crippen LogP contribution is -2.38. The van der Waals surface area contributed by atoms with Crippen LogP contribution in [0.5, 0.6) is 0 Å². The third-order valence-electron chi connectivity index (χ3n) is 7.34. The minimum Gasteiger partial charge on any atom is -0.408 e. The van der Waals surface area contributed by atoms with Gasteiger partial charge in [-0.05, 0) is 64.7 Å². The van der Waals surface area contributed by atoms with E-state index in [2.05, 4.69) is 26.1 Å². The van der Waals surface area contributed by atoms with Gasteiger partial charge in [0.05, 0.1) is 22.4 Å². The lowest BCUT2D eigenvalue weighted by Gasteiger charge is -2.36. The van der Waals surface area contributed by atoms with Crippen LogP contribution in [-0.2, 0) is 11.9 Å². The van der Waals surface area contributed by atoms with E-state index in [1.165, 1.54) is 0 Å². The van der Waals surface area contributed by atoms with Crippen molar-refractivity contribution in [2.24, 2.45) is 18.1 Å². The highest BCUT2D eigenvalue weighted by Gasteiger charge is 2.31. The number of rotatable bonds is 5. The van der Waals surface area contributed by atoms with Crippen LogP contribution < -0.4 is 16.2 Å². The number of aromatic nitrogens is 3. The molecule has 0 bridgehead atoms. The zero-order valence-corrected chi connectivity index (χ0v) is 22.8. The Balaban J connectivity index is 1.45. The predicted molar refractivity (Wildman–Crippen MR) is 150 cm³/mol. The Morgan fingerprint density at radius 3 is 2.64 bits per heavy atom. The molecule has 4 aromatic rings. The number of benzene rings is 1. The van der Waals surface area contributed by atoms with Gasteiger partial charge in [0.2, 0.25) is 0 Å². The molecule has 202 valence electrons. The van der Waals surface area contributed by atoms with Crippen molar-refractivity contribution in [2.75, 3.05) is 11.9 Å². The maximum absolute atomic E-state index is 12.7. The van der Waals surface area contributed by atoms with Crippen LogP contribution in [0, 0.1) is 17.2 Å².